The molecule has 49 heavy (non-hydrogen) atoms. The van der Waals surface area contributed by atoms with Crippen molar-refractivity contribution in [2.75, 3.05) is 0 Å². The van der Waals surface area contributed by atoms with Gasteiger partial charge in [-0.2, -0.15) is 0 Å². The predicted molar refractivity (Wildman–Crippen MR) is 205 cm³/mol. The first kappa shape index (κ1) is 27.5. The van der Waals surface area contributed by atoms with Crippen molar-refractivity contribution >= 4 is 54.4 Å². The van der Waals surface area contributed by atoms with Crippen LogP contribution < -0.4 is 0 Å². The zero-order chi connectivity index (χ0) is 32.3. The summed E-state index contributed by atoms with van der Waals surface area (Å²) >= 11 is 0. The molecule has 0 radical (unpaired) electrons. The maximum absolute atomic E-state index is 5.26. The van der Waals surface area contributed by atoms with Gasteiger partial charge in [0.1, 0.15) is 0 Å². The largest absolute Gasteiger partial charge is 0.309 e. The number of nitrogens with zero attached hydrogens (tertiary/aromatic N) is 3. The molecule has 0 aliphatic carbocycles. The molecule has 0 aliphatic rings. The first-order valence-corrected chi connectivity index (χ1v) is 16.7. The Hall–Kier alpha value is -6.58. The van der Waals surface area contributed by atoms with Gasteiger partial charge in [0.2, 0.25) is 0 Å². The number of aromatic nitrogens is 3. The molecule has 3 heteroatoms. The number of benzene rings is 8. The fourth-order valence-electron chi connectivity index (χ4n) is 7.47. The third-order valence-corrected chi connectivity index (χ3v) is 9.74. The van der Waals surface area contributed by atoms with Crippen LogP contribution in [0.4, 0.5) is 0 Å². The minimum atomic E-state index is 0.871. The van der Waals surface area contributed by atoms with E-state index < -0.39 is 0 Å². The second-order valence-corrected chi connectivity index (χ2v) is 12.6. The van der Waals surface area contributed by atoms with Crippen molar-refractivity contribution < 1.29 is 0 Å². The van der Waals surface area contributed by atoms with Gasteiger partial charge in [-0.3, -0.25) is 0 Å². The summed E-state index contributed by atoms with van der Waals surface area (Å²) in [5.74, 6) is 0. The van der Waals surface area contributed by atoms with Crippen LogP contribution in [-0.4, -0.2) is 14.5 Å². The van der Waals surface area contributed by atoms with E-state index in [0.29, 0.717) is 0 Å². The summed E-state index contributed by atoms with van der Waals surface area (Å²) in [7, 11) is 0. The zero-order valence-electron chi connectivity index (χ0n) is 26.6. The quantitative estimate of drug-likeness (QED) is 0.195. The van der Waals surface area contributed by atoms with Crippen LogP contribution in [0.15, 0.2) is 176 Å². The summed E-state index contributed by atoms with van der Waals surface area (Å²) in [5, 5.41) is 7.55. The molecule has 0 fully saturated rings. The van der Waals surface area contributed by atoms with Gasteiger partial charge < -0.3 is 4.57 Å². The Morgan fingerprint density at radius 3 is 1.71 bits per heavy atom. The maximum Gasteiger partial charge on any atom is 0.0973 e. The minimum absolute atomic E-state index is 0.871. The van der Waals surface area contributed by atoms with E-state index in [1.54, 1.807) is 0 Å². The van der Waals surface area contributed by atoms with Crippen molar-refractivity contribution in [3.8, 4) is 39.3 Å². The van der Waals surface area contributed by atoms with Crippen molar-refractivity contribution in [2.45, 2.75) is 0 Å². The van der Waals surface area contributed by atoms with Gasteiger partial charge in [0.05, 0.1) is 33.5 Å². The molecule has 228 valence electrons. The van der Waals surface area contributed by atoms with Crippen molar-refractivity contribution in [3.63, 3.8) is 0 Å². The molecule has 3 nitrogen and oxygen atoms in total. The van der Waals surface area contributed by atoms with E-state index >= 15 is 0 Å². The van der Waals surface area contributed by atoms with Gasteiger partial charge in [0.25, 0.3) is 0 Å². The lowest BCUT2D eigenvalue weighted by Gasteiger charge is -2.13. The Morgan fingerprint density at radius 1 is 0.367 bits per heavy atom. The Morgan fingerprint density at radius 2 is 0.959 bits per heavy atom. The molecule has 0 N–H and O–H groups in total. The Labute approximate surface area is 283 Å². The zero-order valence-corrected chi connectivity index (χ0v) is 26.6. The van der Waals surface area contributed by atoms with E-state index in [1.807, 2.05) is 12.1 Å². The average Bonchev–Trinajstić information content (AvgIpc) is 3.53. The molecule has 0 spiro atoms. The number of fused-ring (bicyclic) bond motifs is 8. The van der Waals surface area contributed by atoms with E-state index in [2.05, 4.69) is 168 Å². The second-order valence-electron chi connectivity index (χ2n) is 12.6. The molecular weight excluding hydrogens is 595 g/mol. The van der Waals surface area contributed by atoms with Gasteiger partial charge in [0, 0.05) is 33.0 Å². The van der Waals surface area contributed by atoms with Gasteiger partial charge in [-0.25, -0.2) is 9.97 Å². The molecule has 10 rings (SSSR count). The fourth-order valence-corrected chi connectivity index (χ4v) is 7.47. The fraction of sp³-hybridized carbons (Fsp3) is 0. The summed E-state index contributed by atoms with van der Waals surface area (Å²) in [6.07, 6.45) is 0. The standard InChI is InChI=1S/C46H29N3/c1-3-14-32(15-4-1)44-45(33-16-5-2-6-17-33)48-41-29-35(23-26-40(41)47-44)34-18-11-19-36(28-34)49-42-27-24-30-12-7-9-20-37(30)43(42)39-25-22-31-13-8-10-21-38(31)46(39)49/h1-29H. The minimum Gasteiger partial charge on any atom is -0.309 e. The molecule has 0 saturated heterocycles. The van der Waals surface area contributed by atoms with Crippen LogP contribution in [0.2, 0.25) is 0 Å². The smallest absolute Gasteiger partial charge is 0.0973 e. The van der Waals surface area contributed by atoms with Crippen molar-refractivity contribution in [1.29, 1.82) is 0 Å². The van der Waals surface area contributed by atoms with Gasteiger partial charge in [0.15, 0.2) is 0 Å². The summed E-state index contributed by atoms with van der Waals surface area (Å²) < 4.78 is 2.45. The van der Waals surface area contributed by atoms with Crippen LogP contribution in [0.5, 0.6) is 0 Å². The molecule has 0 amide bonds. The maximum atomic E-state index is 5.26. The summed E-state index contributed by atoms with van der Waals surface area (Å²) in [6.45, 7) is 0. The highest BCUT2D eigenvalue weighted by Crippen LogP contribution is 2.41. The van der Waals surface area contributed by atoms with E-state index in [1.165, 1.54) is 43.4 Å². The molecule has 2 aromatic heterocycles. The monoisotopic (exact) mass is 623 g/mol. The van der Waals surface area contributed by atoms with Crippen molar-refractivity contribution in [3.05, 3.63) is 176 Å². The molecule has 10 aromatic rings. The van der Waals surface area contributed by atoms with Crippen LogP contribution in [-0.2, 0) is 0 Å². The third-order valence-electron chi connectivity index (χ3n) is 9.74. The molecule has 0 saturated carbocycles. The number of hydrogen-bond acceptors (Lipinski definition) is 2. The summed E-state index contributed by atoms with van der Waals surface area (Å²) in [5.41, 5.74) is 11.4. The predicted octanol–water partition coefficient (Wildman–Crippen LogP) is 12.0. The molecule has 0 aliphatic heterocycles. The lowest BCUT2D eigenvalue weighted by molar-refractivity contribution is 1.19. The van der Waals surface area contributed by atoms with Crippen LogP contribution in [0, 0.1) is 0 Å². The lowest BCUT2D eigenvalue weighted by atomic mass is 10.0. The van der Waals surface area contributed by atoms with Crippen LogP contribution in [0.1, 0.15) is 0 Å². The highest BCUT2D eigenvalue weighted by Gasteiger charge is 2.18. The first-order chi connectivity index (χ1) is 24.3. The third kappa shape index (κ3) is 4.44. The summed E-state index contributed by atoms with van der Waals surface area (Å²) in [4.78, 5) is 10.4. The lowest BCUT2D eigenvalue weighted by Crippen LogP contribution is -1.96. The number of hydrogen-bond donors (Lipinski definition) is 0. The molecule has 0 bridgehead atoms. The van der Waals surface area contributed by atoms with Gasteiger partial charge in [-0.1, -0.05) is 146 Å². The van der Waals surface area contributed by atoms with Crippen LogP contribution in [0.3, 0.4) is 0 Å². The highest BCUT2D eigenvalue weighted by atomic mass is 15.0. The Bertz CT molecular complexity index is 2870. The second kappa shape index (κ2) is 11.0. The van der Waals surface area contributed by atoms with E-state index in [4.69, 9.17) is 9.97 Å². The molecule has 2 heterocycles. The molecule has 0 atom stereocenters. The average molecular weight is 624 g/mol. The summed E-state index contributed by atoms with van der Waals surface area (Å²) in [6, 6.07) is 62.5. The van der Waals surface area contributed by atoms with E-state index in [0.717, 1.165) is 50.4 Å². The Balaban J connectivity index is 1.19. The van der Waals surface area contributed by atoms with Crippen LogP contribution in [0.25, 0.3) is 93.7 Å². The van der Waals surface area contributed by atoms with Gasteiger partial charge in [-0.05, 0) is 57.6 Å². The SMILES string of the molecule is c1ccc(-c2nc3ccc(-c4cccc(-n5c6ccc7ccccc7c6c6ccc7ccccc7c65)c4)cc3nc2-c2ccccc2)cc1. The van der Waals surface area contributed by atoms with Gasteiger partial charge >= 0.3 is 0 Å². The highest BCUT2D eigenvalue weighted by molar-refractivity contribution is 6.26. The molecule has 0 unspecified atom stereocenters. The Kier molecular flexibility index (Phi) is 6.18. The first-order valence-electron chi connectivity index (χ1n) is 16.7. The molecular formula is C46H29N3. The van der Waals surface area contributed by atoms with E-state index in [9.17, 15) is 0 Å². The molecule has 8 aromatic carbocycles. The van der Waals surface area contributed by atoms with Gasteiger partial charge in [-0.15, -0.1) is 0 Å². The normalized spacial score (nSPS) is 11.7. The van der Waals surface area contributed by atoms with Crippen LogP contribution >= 0.6 is 0 Å². The topological polar surface area (TPSA) is 30.7 Å². The van der Waals surface area contributed by atoms with E-state index in [-0.39, 0.29) is 0 Å². The number of rotatable bonds is 4. The van der Waals surface area contributed by atoms with Crippen molar-refractivity contribution in [2.24, 2.45) is 0 Å². The van der Waals surface area contributed by atoms with Crippen molar-refractivity contribution in [1.82, 2.24) is 14.5 Å².